The molecular weight excluding hydrogens is 204 g/mol. The molecule has 0 aliphatic carbocycles. The summed E-state index contributed by atoms with van der Waals surface area (Å²) in [7, 11) is 0. The van der Waals surface area contributed by atoms with Gasteiger partial charge >= 0.3 is 0 Å². The van der Waals surface area contributed by atoms with Crippen molar-refractivity contribution in [2.24, 2.45) is 0 Å². The molecule has 15 heavy (non-hydrogen) atoms. The van der Waals surface area contributed by atoms with E-state index in [1.807, 2.05) is 0 Å². The van der Waals surface area contributed by atoms with Crippen LogP contribution in [0.25, 0.3) is 10.9 Å². The van der Waals surface area contributed by atoms with E-state index in [0.29, 0.717) is 6.07 Å². The van der Waals surface area contributed by atoms with E-state index in [0.717, 1.165) is 6.07 Å². The average Bonchev–Trinajstić information content (AvgIpc) is 2.13. The van der Waals surface area contributed by atoms with Crippen LogP contribution in [0.4, 0.5) is 8.78 Å². The lowest BCUT2D eigenvalue weighted by atomic mass is 10.1. The minimum atomic E-state index is -0.901. The van der Waals surface area contributed by atoms with Crippen molar-refractivity contribution >= 4 is 10.9 Å². The van der Waals surface area contributed by atoms with Crippen LogP contribution in [0.3, 0.4) is 0 Å². The van der Waals surface area contributed by atoms with Crippen LogP contribution in [0, 0.1) is 18.6 Å². The van der Waals surface area contributed by atoms with Crippen LogP contribution in [0.2, 0.25) is 0 Å². The summed E-state index contributed by atoms with van der Waals surface area (Å²) in [5.41, 5.74) is -0.612. The van der Waals surface area contributed by atoms with Crippen molar-refractivity contribution in [3.8, 4) is 5.75 Å². The molecule has 0 atom stereocenters. The first kappa shape index (κ1) is 9.64. The van der Waals surface area contributed by atoms with Crippen molar-refractivity contribution in [3.05, 3.63) is 39.7 Å². The van der Waals surface area contributed by atoms with Gasteiger partial charge in [-0.15, -0.1) is 0 Å². The summed E-state index contributed by atoms with van der Waals surface area (Å²) in [4.78, 5) is 13.5. The molecule has 78 valence electrons. The highest BCUT2D eigenvalue weighted by Crippen LogP contribution is 2.27. The van der Waals surface area contributed by atoms with E-state index < -0.39 is 22.9 Å². The second-order valence-electron chi connectivity index (χ2n) is 3.24. The first-order chi connectivity index (χ1) is 7.00. The Bertz CT molecular complexity index is 604. The smallest absolute Gasteiger partial charge is 0.255 e. The number of halogens is 2. The predicted octanol–water partition coefficient (Wildman–Crippen LogP) is 1.82. The van der Waals surface area contributed by atoms with Gasteiger partial charge in [-0.2, -0.15) is 0 Å². The molecule has 1 heterocycles. The van der Waals surface area contributed by atoms with E-state index >= 15 is 0 Å². The van der Waals surface area contributed by atoms with Crippen molar-refractivity contribution in [2.45, 2.75) is 6.92 Å². The van der Waals surface area contributed by atoms with Gasteiger partial charge in [0.25, 0.3) is 5.56 Å². The number of hydrogen-bond donors (Lipinski definition) is 2. The van der Waals surface area contributed by atoms with Gasteiger partial charge in [0.15, 0.2) is 0 Å². The molecule has 0 radical (unpaired) electrons. The fraction of sp³-hybridized carbons (Fsp3) is 0.100. The second kappa shape index (κ2) is 3.05. The summed E-state index contributed by atoms with van der Waals surface area (Å²) in [5.74, 6) is -2.16. The molecule has 0 bridgehead atoms. The highest BCUT2D eigenvalue weighted by molar-refractivity contribution is 5.86. The topological polar surface area (TPSA) is 53.1 Å². The van der Waals surface area contributed by atoms with Crippen LogP contribution in [-0.4, -0.2) is 10.1 Å². The third-order valence-corrected chi connectivity index (χ3v) is 2.24. The Kier molecular flexibility index (Phi) is 1.96. The van der Waals surface area contributed by atoms with Crippen LogP contribution in [0.5, 0.6) is 5.75 Å². The van der Waals surface area contributed by atoms with E-state index in [4.69, 9.17) is 0 Å². The first-order valence-corrected chi connectivity index (χ1v) is 4.21. The molecule has 2 rings (SSSR count). The van der Waals surface area contributed by atoms with E-state index in [-0.39, 0.29) is 16.5 Å². The molecule has 1 aromatic heterocycles. The zero-order valence-electron chi connectivity index (χ0n) is 7.77. The summed E-state index contributed by atoms with van der Waals surface area (Å²) in [6, 6.07) is 1.61. The van der Waals surface area contributed by atoms with Crippen molar-refractivity contribution in [3.63, 3.8) is 0 Å². The summed E-state index contributed by atoms with van der Waals surface area (Å²) in [5, 5.41) is 9.36. The molecule has 0 saturated heterocycles. The minimum absolute atomic E-state index is 0.00741. The molecule has 2 N–H and O–H groups in total. The molecule has 0 fully saturated rings. The SMILES string of the molecule is Cc1c(O)c2c(F)cc(F)cc2[nH]c1=O. The van der Waals surface area contributed by atoms with Gasteiger partial charge in [-0.1, -0.05) is 0 Å². The monoisotopic (exact) mass is 211 g/mol. The lowest BCUT2D eigenvalue weighted by Gasteiger charge is -2.04. The van der Waals surface area contributed by atoms with Crippen LogP contribution in [0.15, 0.2) is 16.9 Å². The normalized spacial score (nSPS) is 10.9. The van der Waals surface area contributed by atoms with Crippen molar-refractivity contribution in [1.29, 1.82) is 0 Å². The maximum Gasteiger partial charge on any atom is 0.255 e. The Morgan fingerprint density at radius 3 is 2.67 bits per heavy atom. The lowest BCUT2D eigenvalue weighted by Crippen LogP contribution is -2.10. The molecule has 1 aromatic carbocycles. The zero-order chi connectivity index (χ0) is 11.2. The first-order valence-electron chi connectivity index (χ1n) is 4.21. The number of aromatic amines is 1. The number of hydrogen-bond acceptors (Lipinski definition) is 2. The lowest BCUT2D eigenvalue weighted by molar-refractivity contribution is 0.472. The standard InChI is InChI=1S/C10H7F2NO2/c1-4-9(14)8-6(12)2-5(11)3-7(8)13-10(4)15/h2-3H,1H3,(H2,13,14,15). The molecule has 0 aliphatic rings. The quantitative estimate of drug-likeness (QED) is 0.698. The molecule has 2 aromatic rings. The van der Waals surface area contributed by atoms with Gasteiger partial charge in [0.2, 0.25) is 0 Å². The Labute approximate surface area is 83.0 Å². The fourth-order valence-corrected chi connectivity index (χ4v) is 1.42. The largest absolute Gasteiger partial charge is 0.507 e. The minimum Gasteiger partial charge on any atom is -0.507 e. The average molecular weight is 211 g/mol. The molecule has 0 amide bonds. The number of pyridine rings is 1. The Morgan fingerprint density at radius 1 is 1.33 bits per heavy atom. The van der Waals surface area contributed by atoms with Gasteiger partial charge in [0.05, 0.1) is 16.5 Å². The van der Waals surface area contributed by atoms with E-state index in [2.05, 4.69) is 4.98 Å². The third-order valence-electron chi connectivity index (χ3n) is 2.24. The number of nitrogens with one attached hydrogen (secondary N) is 1. The molecule has 0 unspecified atom stereocenters. The van der Waals surface area contributed by atoms with Crippen LogP contribution >= 0.6 is 0 Å². The molecule has 0 saturated carbocycles. The summed E-state index contributed by atoms with van der Waals surface area (Å²) in [6.07, 6.45) is 0. The van der Waals surface area contributed by atoms with Gasteiger partial charge in [-0.25, -0.2) is 8.78 Å². The van der Waals surface area contributed by atoms with Crippen LogP contribution < -0.4 is 5.56 Å². The Balaban J connectivity index is 3.05. The van der Waals surface area contributed by atoms with E-state index in [1.54, 1.807) is 0 Å². The Hall–Kier alpha value is -1.91. The maximum atomic E-state index is 13.3. The third kappa shape index (κ3) is 1.36. The summed E-state index contributed by atoms with van der Waals surface area (Å²) < 4.78 is 26.1. The highest BCUT2D eigenvalue weighted by atomic mass is 19.1. The number of aromatic nitrogens is 1. The number of benzene rings is 1. The number of fused-ring (bicyclic) bond motifs is 1. The molecule has 0 spiro atoms. The summed E-state index contributed by atoms with van der Waals surface area (Å²) >= 11 is 0. The molecule has 0 aliphatic heterocycles. The van der Waals surface area contributed by atoms with Gasteiger partial charge in [0, 0.05) is 6.07 Å². The highest BCUT2D eigenvalue weighted by Gasteiger charge is 2.13. The van der Waals surface area contributed by atoms with Gasteiger partial charge in [-0.05, 0) is 13.0 Å². The maximum absolute atomic E-state index is 13.3. The van der Waals surface area contributed by atoms with Gasteiger partial charge in [-0.3, -0.25) is 4.79 Å². The molecule has 5 heteroatoms. The van der Waals surface area contributed by atoms with E-state index in [9.17, 15) is 18.7 Å². The van der Waals surface area contributed by atoms with Gasteiger partial charge < -0.3 is 10.1 Å². The summed E-state index contributed by atoms with van der Waals surface area (Å²) in [6.45, 7) is 1.36. The van der Waals surface area contributed by atoms with Crippen molar-refractivity contribution in [1.82, 2.24) is 4.98 Å². The number of aromatic hydroxyl groups is 1. The Morgan fingerprint density at radius 2 is 2.00 bits per heavy atom. The number of H-pyrrole nitrogens is 1. The van der Waals surface area contributed by atoms with Crippen LogP contribution in [0.1, 0.15) is 5.56 Å². The second-order valence-corrected chi connectivity index (χ2v) is 3.24. The van der Waals surface area contributed by atoms with Gasteiger partial charge in [0.1, 0.15) is 17.4 Å². The van der Waals surface area contributed by atoms with Crippen LogP contribution in [-0.2, 0) is 0 Å². The van der Waals surface area contributed by atoms with Crippen molar-refractivity contribution < 1.29 is 13.9 Å². The fourth-order valence-electron chi connectivity index (χ4n) is 1.42. The molecule has 3 nitrogen and oxygen atoms in total. The van der Waals surface area contributed by atoms with E-state index in [1.165, 1.54) is 6.92 Å². The predicted molar refractivity (Wildman–Crippen MR) is 50.9 cm³/mol. The molecular formula is C10H7F2NO2. The zero-order valence-corrected chi connectivity index (χ0v) is 7.77. The van der Waals surface area contributed by atoms with Crippen molar-refractivity contribution in [2.75, 3.05) is 0 Å². The number of rotatable bonds is 0.